The number of aliphatic hydroxyl groups excluding tert-OH is 1. The third-order valence-electron chi connectivity index (χ3n) is 7.90. The van der Waals surface area contributed by atoms with Crippen molar-refractivity contribution in [3.8, 4) is 5.75 Å². The molecule has 1 saturated heterocycles. The fraction of sp³-hybridized carbons (Fsp3) is 0.267. The summed E-state index contributed by atoms with van der Waals surface area (Å²) in [7, 11) is 3.61. The highest BCUT2D eigenvalue weighted by molar-refractivity contribution is 5.98. The van der Waals surface area contributed by atoms with E-state index in [4.69, 9.17) is 4.74 Å². The number of aryl methyl sites for hydroxylation is 1. The zero-order valence-electron chi connectivity index (χ0n) is 20.9. The van der Waals surface area contributed by atoms with E-state index in [2.05, 4.69) is 10.6 Å². The minimum Gasteiger partial charge on any atom is -0.497 e. The fourth-order valence-corrected chi connectivity index (χ4v) is 6.17. The van der Waals surface area contributed by atoms with Gasteiger partial charge in [0.25, 0.3) is 11.8 Å². The number of carbonyl (C=O) groups is 2. The Morgan fingerprint density at radius 2 is 1.54 bits per heavy atom. The SMILES string of the molecule is COc1ccc2c3c(n(C)c2c1)[C@@H](CO)N(C(=O)c1ccccc1)CC31CN(C(=O)c2ccccc2)C1. The molecule has 0 aliphatic carbocycles. The van der Waals surface area contributed by atoms with Crippen LogP contribution in [0.15, 0.2) is 78.9 Å². The first-order chi connectivity index (χ1) is 18.0. The molecule has 0 unspecified atom stereocenters. The molecule has 0 saturated carbocycles. The molecule has 188 valence electrons. The van der Waals surface area contributed by atoms with Gasteiger partial charge in [-0.3, -0.25) is 9.59 Å². The number of amides is 2. The molecule has 4 aromatic rings. The second kappa shape index (κ2) is 8.78. The molecular weight excluding hydrogens is 466 g/mol. The molecule has 7 nitrogen and oxygen atoms in total. The maximum Gasteiger partial charge on any atom is 0.254 e. The summed E-state index contributed by atoms with van der Waals surface area (Å²) in [5.41, 5.74) is 3.79. The monoisotopic (exact) mass is 495 g/mol. The molecule has 3 heterocycles. The normalized spacial score (nSPS) is 18.0. The summed E-state index contributed by atoms with van der Waals surface area (Å²) in [5.74, 6) is 0.604. The molecule has 0 bridgehead atoms. The van der Waals surface area contributed by atoms with Crippen molar-refractivity contribution < 1.29 is 19.4 Å². The second-order valence-electron chi connectivity index (χ2n) is 10.0. The van der Waals surface area contributed by atoms with Gasteiger partial charge in [-0.25, -0.2) is 0 Å². The number of ether oxygens (including phenoxy) is 1. The minimum atomic E-state index is -0.504. The number of carbonyl (C=O) groups excluding carboxylic acids is 2. The van der Waals surface area contributed by atoms with Crippen LogP contribution in [-0.4, -0.2) is 64.6 Å². The third-order valence-corrected chi connectivity index (χ3v) is 7.90. The Balaban J connectivity index is 1.48. The molecule has 1 aromatic heterocycles. The summed E-state index contributed by atoms with van der Waals surface area (Å²) in [6, 6.07) is 24.0. The minimum absolute atomic E-state index is 0.0140. The lowest BCUT2D eigenvalue weighted by molar-refractivity contribution is 0.00235. The van der Waals surface area contributed by atoms with Crippen LogP contribution in [0.5, 0.6) is 5.75 Å². The Bertz CT molecular complexity index is 1490. The van der Waals surface area contributed by atoms with Crippen molar-refractivity contribution in [2.24, 2.45) is 7.05 Å². The van der Waals surface area contributed by atoms with Gasteiger partial charge in [0.05, 0.1) is 30.7 Å². The van der Waals surface area contributed by atoms with Crippen LogP contribution >= 0.6 is 0 Å². The summed E-state index contributed by atoms with van der Waals surface area (Å²) >= 11 is 0. The molecule has 37 heavy (non-hydrogen) atoms. The highest BCUT2D eigenvalue weighted by Crippen LogP contribution is 2.50. The van der Waals surface area contributed by atoms with Gasteiger partial charge in [-0.05, 0) is 42.0 Å². The zero-order valence-corrected chi connectivity index (χ0v) is 20.9. The molecule has 2 amide bonds. The van der Waals surface area contributed by atoms with E-state index < -0.39 is 11.5 Å². The molecule has 7 heteroatoms. The number of methoxy groups -OCH3 is 1. The van der Waals surface area contributed by atoms with Crippen molar-refractivity contribution >= 4 is 22.7 Å². The van der Waals surface area contributed by atoms with Crippen LogP contribution in [0, 0.1) is 0 Å². The van der Waals surface area contributed by atoms with E-state index in [1.54, 1.807) is 24.1 Å². The first kappa shape index (κ1) is 23.3. The van der Waals surface area contributed by atoms with Gasteiger partial charge < -0.3 is 24.2 Å². The highest BCUT2D eigenvalue weighted by atomic mass is 16.5. The van der Waals surface area contributed by atoms with Gasteiger partial charge in [0.1, 0.15) is 5.75 Å². The number of hydrogen-bond acceptors (Lipinski definition) is 4. The summed E-state index contributed by atoms with van der Waals surface area (Å²) in [6.45, 7) is 1.21. The van der Waals surface area contributed by atoms with Crippen LogP contribution in [-0.2, 0) is 12.5 Å². The quantitative estimate of drug-likeness (QED) is 0.468. The summed E-state index contributed by atoms with van der Waals surface area (Å²) in [4.78, 5) is 30.7. The Morgan fingerprint density at radius 1 is 0.919 bits per heavy atom. The topological polar surface area (TPSA) is 75.0 Å². The summed E-state index contributed by atoms with van der Waals surface area (Å²) in [6.07, 6.45) is 0. The predicted molar refractivity (Wildman–Crippen MR) is 141 cm³/mol. The lowest BCUT2D eigenvalue weighted by Crippen LogP contribution is -2.68. The van der Waals surface area contributed by atoms with Gasteiger partial charge in [0.15, 0.2) is 0 Å². The summed E-state index contributed by atoms with van der Waals surface area (Å²) in [5, 5.41) is 11.7. The van der Waals surface area contributed by atoms with Crippen molar-refractivity contribution in [1.82, 2.24) is 14.4 Å². The second-order valence-corrected chi connectivity index (χ2v) is 10.0. The van der Waals surface area contributed by atoms with Gasteiger partial charge in [-0.2, -0.15) is 0 Å². The smallest absolute Gasteiger partial charge is 0.254 e. The molecule has 1 atom stereocenters. The van der Waals surface area contributed by atoms with Crippen LogP contribution in [0.2, 0.25) is 0 Å². The number of benzene rings is 3. The number of nitrogens with zero attached hydrogens (tertiary/aromatic N) is 3. The lowest BCUT2D eigenvalue weighted by atomic mass is 9.68. The van der Waals surface area contributed by atoms with Crippen LogP contribution in [0.3, 0.4) is 0 Å². The first-order valence-electron chi connectivity index (χ1n) is 12.5. The fourth-order valence-electron chi connectivity index (χ4n) is 6.17. The summed E-state index contributed by atoms with van der Waals surface area (Å²) < 4.78 is 7.56. The van der Waals surface area contributed by atoms with Crippen LogP contribution in [0.4, 0.5) is 0 Å². The number of aliphatic hydroxyl groups is 1. The van der Waals surface area contributed by atoms with Crippen LogP contribution in [0.25, 0.3) is 10.9 Å². The Morgan fingerprint density at radius 3 is 2.14 bits per heavy atom. The lowest BCUT2D eigenvalue weighted by Gasteiger charge is -2.56. The van der Waals surface area contributed by atoms with Gasteiger partial charge in [0, 0.05) is 55.0 Å². The Labute approximate surface area is 215 Å². The maximum absolute atomic E-state index is 13.8. The van der Waals surface area contributed by atoms with Gasteiger partial charge in [0.2, 0.25) is 0 Å². The Kier molecular flexibility index (Phi) is 5.53. The van der Waals surface area contributed by atoms with Crippen molar-refractivity contribution in [3.63, 3.8) is 0 Å². The van der Waals surface area contributed by atoms with E-state index >= 15 is 0 Å². The van der Waals surface area contributed by atoms with Crippen molar-refractivity contribution in [1.29, 1.82) is 0 Å². The molecule has 1 N–H and O–H groups in total. The van der Waals surface area contributed by atoms with E-state index in [1.807, 2.05) is 72.6 Å². The molecular formula is C30H29N3O4. The van der Waals surface area contributed by atoms with Crippen molar-refractivity contribution in [2.75, 3.05) is 33.4 Å². The predicted octanol–water partition coefficient (Wildman–Crippen LogP) is 3.77. The Hall–Kier alpha value is -4.10. The van der Waals surface area contributed by atoms with Gasteiger partial charge >= 0.3 is 0 Å². The number of aromatic nitrogens is 1. The van der Waals surface area contributed by atoms with E-state index in [0.29, 0.717) is 30.8 Å². The van der Waals surface area contributed by atoms with Crippen LogP contribution < -0.4 is 4.74 Å². The molecule has 2 aliphatic rings. The van der Waals surface area contributed by atoms with Gasteiger partial charge in [-0.1, -0.05) is 36.4 Å². The third kappa shape index (κ3) is 3.53. The molecule has 0 radical (unpaired) electrons. The van der Waals surface area contributed by atoms with Crippen molar-refractivity contribution in [3.05, 3.63) is 101 Å². The zero-order chi connectivity index (χ0) is 25.7. The molecule has 1 spiro atoms. The van der Waals surface area contributed by atoms with Crippen molar-refractivity contribution in [2.45, 2.75) is 11.5 Å². The first-order valence-corrected chi connectivity index (χ1v) is 12.5. The molecule has 6 rings (SSSR count). The number of fused-ring (bicyclic) bond motifs is 4. The number of rotatable bonds is 4. The standard InChI is InChI=1S/C30H29N3O4/c1-31-24-15-22(37-2)13-14-23(24)26-27(31)25(16-34)33(29(36)21-11-7-4-8-12-21)19-30(26)17-32(18-30)28(35)20-9-5-3-6-10-20/h3-15,25,34H,16-19H2,1-2H3/t25-/m1/s1. The average molecular weight is 496 g/mol. The maximum atomic E-state index is 13.8. The number of likely N-dealkylation sites (tertiary alicyclic amines) is 1. The average Bonchev–Trinajstić information content (AvgIpc) is 3.23. The molecule has 2 aliphatic heterocycles. The highest BCUT2D eigenvalue weighted by Gasteiger charge is 2.55. The van der Waals surface area contributed by atoms with E-state index in [9.17, 15) is 14.7 Å². The molecule has 3 aromatic carbocycles. The molecule has 1 fully saturated rings. The number of hydrogen-bond donors (Lipinski definition) is 1. The van der Waals surface area contributed by atoms with Crippen LogP contribution in [0.1, 0.15) is 38.0 Å². The largest absolute Gasteiger partial charge is 0.497 e. The van der Waals surface area contributed by atoms with Gasteiger partial charge in [-0.15, -0.1) is 0 Å². The van der Waals surface area contributed by atoms with E-state index in [-0.39, 0.29) is 18.4 Å². The van der Waals surface area contributed by atoms with E-state index in [1.165, 1.54) is 0 Å². The van der Waals surface area contributed by atoms with E-state index in [0.717, 1.165) is 27.9 Å².